The van der Waals surface area contributed by atoms with Gasteiger partial charge in [-0.3, -0.25) is 0 Å². The molecule has 0 unspecified atom stereocenters. The maximum absolute atomic E-state index is 4.88. The number of nitrogens with zero attached hydrogens (tertiary/aromatic N) is 2. The summed E-state index contributed by atoms with van der Waals surface area (Å²) in [5, 5.41) is 7.59. The molecular weight excluding hydrogens is 561 g/mol. The number of thiophene rings is 2. The van der Waals surface area contributed by atoms with Crippen molar-refractivity contribution in [3.05, 3.63) is 146 Å². The van der Waals surface area contributed by atoms with E-state index in [1.165, 1.54) is 57.5 Å². The van der Waals surface area contributed by atoms with Crippen molar-refractivity contribution in [2.45, 2.75) is 0 Å². The third-order valence-electron chi connectivity index (χ3n) is 8.34. The zero-order chi connectivity index (χ0) is 28.3. The van der Waals surface area contributed by atoms with E-state index < -0.39 is 0 Å². The van der Waals surface area contributed by atoms with Crippen molar-refractivity contribution < 1.29 is 0 Å². The average Bonchev–Trinajstić information content (AvgIpc) is 3.64. The van der Waals surface area contributed by atoms with Crippen LogP contribution in [0.1, 0.15) is 0 Å². The second kappa shape index (κ2) is 9.77. The first-order valence-corrected chi connectivity index (χ1v) is 16.0. The number of hydrogen-bond acceptors (Lipinski definition) is 4. The van der Waals surface area contributed by atoms with Crippen molar-refractivity contribution >= 4 is 91.0 Å². The number of rotatable bonds is 4. The molecule has 0 spiro atoms. The monoisotopic (exact) mass is 584 g/mol. The molecule has 4 heteroatoms. The molecule has 0 atom stereocenters. The van der Waals surface area contributed by atoms with Crippen molar-refractivity contribution in [2.75, 3.05) is 4.90 Å². The summed E-state index contributed by atoms with van der Waals surface area (Å²) >= 11 is 3.64. The topological polar surface area (TPSA) is 16.1 Å². The Bertz CT molecular complexity index is 2450. The second-order valence-corrected chi connectivity index (χ2v) is 12.9. The molecule has 0 saturated carbocycles. The highest BCUT2D eigenvalue weighted by Crippen LogP contribution is 2.47. The molecule has 9 rings (SSSR count). The van der Waals surface area contributed by atoms with E-state index in [1.807, 2.05) is 17.5 Å². The molecule has 6 aromatic carbocycles. The largest absolute Gasteiger partial charge is 0.310 e. The standard InChI is InChI=1S/C39H24N2S2/c1-2-8-25(9-3-1)26-14-17-28(18-15-26)41(29-19-21-32-31-12-6-7-13-35(31)42-36(32)24-29)34-22-23-40-39-37(34)33-20-16-27-10-4-5-11-30(27)38(33)43-39/h1-24H. The van der Waals surface area contributed by atoms with E-state index in [-0.39, 0.29) is 0 Å². The molecule has 3 aromatic heterocycles. The maximum atomic E-state index is 4.88. The lowest BCUT2D eigenvalue weighted by Crippen LogP contribution is -2.10. The van der Waals surface area contributed by atoms with Crippen LogP contribution in [0.4, 0.5) is 17.1 Å². The summed E-state index contributed by atoms with van der Waals surface area (Å²) in [6, 6.07) is 50.4. The SMILES string of the molecule is c1ccc(-c2ccc(N(c3ccc4c(c3)sc3ccccc34)c3ccnc4sc5c6ccccc6ccc5c34)cc2)cc1. The number of benzene rings is 6. The van der Waals surface area contributed by atoms with E-state index in [1.54, 1.807) is 11.3 Å². The van der Waals surface area contributed by atoms with Crippen molar-refractivity contribution in [3.63, 3.8) is 0 Å². The zero-order valence-electron chi connectivity index (χ0n) is 23.1. The van der Waals surface area contributed by atoms with Gasteiger partial charge in [-0.1, -0.05) is 103 Å². The van der Waals surface area contributed by atoms with Gasteiger partial charge >= 0.3 is 0 Å². The number of hydrogen-bond donors (Lipinski definition) is 0. The van der Waals surface area contributed by atoms with Crippen molar-refractivity contribution in [1.82, 2.24) is 4.98 Å². The van der Waals surface area contributed by atoms with Crippen LogP contribution in [0, 0.1) is 0 Å². The van der Waals surface area contributed by atoms with E-state index in [4.69, 9.17) is 4.98 Å². The van der Waals surface area contributed by atoms with Crippen LogP contribution in [-0.2, 0) is 0 Å². The van der Waals surface area contributed by atoms with Crippen LogP contribution in [0.3, 0.4) is 0 Å². The van der Waals surface area contributed by atoms with Crippen LogP contribution in [0.2, 0.25) is 0 Å². The first-order chi connectivity index (χ1) is 21.3. The molecule has 0 aliphatic carbocycles. The molecular formula is C39H24N2S2. The fourth-order valence-electron chi connectivity index (χ4n) is 6.31. The minimum Gasteiger partial charge on any atom is -0.310 e. The first kappa shape index (κ1) is 24.6. The molecule has 0 fully saturated rings. The first-order valence-electron chi connectivity index (χ1n) is 14.4. The molecule has 0 radical (unpaired) electrons. The summed E-state index contributed by atoms with van der Waals surface area (Å²) in [7, 11) is 0. The van der Waals surface area contributed by atoms with Crippen LogP contribution < -0.4 is 4.90 Å². The summed E-state index contributed by atoms with van der Waals surface area (Å²) in [4.78, 5) is 8.34. The van der Waals surface area contributed by atoms with Gasteiger partial charge in [-0.15, -0.1) is 22.7 Å². The number of anilines is 3. The average molecular weight is 585 g/mol. The minimum atomic E-state index is 1.05. The maximum Gasteiger partial charge on any atom is 0.126 e. The number of pyridine rings is 1. The highest BCUT2D eigenvalue weighted by molar-refractivity contribution is 7.26. The van der Waals surface area contributed by atoms with Crippen LogP contribution in [0.5, 0.6) is 0 Å². The summed E-state index contributed by atoms with van der Waals surface area (Å²) in [5.74, 6) is 0. The Morgan fingerprint density at radius 1 is 0.488 bits per heavy atom. The molecule has 0 bridgehead atoms. The summed E-state index contributed by atoms with van der Waals surface area (Å²) in [5.41, 5.74) is 5.82. The van der Waals surface area contributed by atoms with Crippen molar-refractivity contribution in [2.24, 2.45) is 0 Å². The molecule has 0 N–H and O–H groups in total. The fourth-order valence-corrected chi connectivity index (χ4v) is 8.65. The molecule has 2 nitrogen and oxygen atoms in total. The van der Waals surface area contributed by atoms with Crippen LogP contribution in [-0.4, -0.2) is 4.98 Å². The molecule has 43 heavy (non-hydrogen) atoms. The van der Waals surface area contributed by atoms with Gasteiger partial charge < -0.3 is 4.90 Å². The van der Waals surface area contributed by atoms with Crippen molar-refractivity contribution in [3.8, 4) is 11.1 Å². The Morgan fingerprint density at radius 2 is 1.19 bits per heavy atom. The van der Waals surface area contributed by atoms with Gasteiger partial charge in [-0.2, -0.15) is 0 Å². The Hall–Kier alpha value is -5.03. The smallest absolute Gasteiger partial charge is 0.126 e. The Morgan fingerprint density at radius 3 is 2.07 bits per heavy atom. The van der Waals surface area contributed by atoms with Crippen molar-refractivity contribution in [1.29, 1.82) is 0 Å². The Labute approximate surface area is 256 Å². The quantitative estimate of drug-likeness (QED) is 0.205. The third kappa shape index (κ3) is 3.95. The molecule has 0 saturated heterocycles. The fraction of sp³-hybridized carbons (Fsp3) is 0. The molecule has 0 amide bonds. The van der Waals surface area contributed by atoms with E-state index in [0.29, 0.717) is 0 Å². The molecule has 0 aliphatic heterocycles. The molecule has 3 heterocycles. The van der Waals surface area contributed by atoms with Gasteiger partial charge in [0, 0.05) is 53.2 Å². The highest BCUT2D eigenvalue weighted by atomic mass is 32.1. The predicted molar refractivity (Wildman–Crippen MR) is 188 cm³/mol. The zero-order valence-corrected chi connectivity index (χ0v) is 24.7. The van der Waals surface area contributed by atoms with E-state index in [0.717, 1.165) is 21.9 Å². The minimum absolute atomic E-state index is 1.05. The van der Waals surface area contributed by atoms with Gasteiger partial charge in [0.1, 0.15) is 4.83 Å². The van der Waals surface area contributed by atoms with Gasteiger partial charge in [0.05, 0.1) is 5.69 Å². The normalized spacial score (nSPS) is 11.7. The lowest BCUT2D eigenvalue weighted by Gasteiger charge is -2.26. The molecule has 0 aliphatic rings. The lowest BCUT2D eigenvalue weighted by molar-refractivity contribution is 1.29. The van der Waals surface area contributed by atoms with Gasteiger partial charge in [-0.05, 0) is 58.3 Å². The summed E-state index contributed by atoms with van der Waals surface area (Å²) in [6.45, 7) is 0. The Kier molecular flexibility index (Phi) is 5.58. The Balaban J connectivity index is 1.30. The third-order valence-corrected chi connectivity index (χ3v) is 10.6. The number of aromatic nitrogens is 1. The highest BCUT2D eigenvalue weighted by Gasteiger charge is 2.21. The van der Waals surface area contributed by atoms with Crippen LogP contribution >= 0.6 is 22.7 Å². The van der Waals surface area contributed by atoms with Crippen LogP contribution in [0.25, 0.3) is 62.4 Å². The predicted octanol–water partition coefficient (Wildman–Crippen LogP) is 12.1. The van der Waals surface area contributed by atoms with Gasteiger partial charge in [0.2, 0.25) is 0 Å². The van der Waals surface area contributed by atoms with Gasteiger partial charge in [-0.25, -0.2) is 4.98 Å². The van der Waals surface area contributed by atoms with E-state index in [2.05, 4.69) is 144 Å². The summed E-state index contributed by atoms with van der Waals surface area (Å²) < 4.78 is 3.89. The lowest BCUT2D eigenvalue weighted by atomic mass is 10.0. The summed E-state index contributed by atoms with van der Waals surface area (Å²) in [6.07, 6.45) is 1.96. The number of fused-ring (bicyclic) bond motifs is 8. The van der Waals surface area contributed by atoms with Crippen LogP contribution in [0.15, 0.2) is 146 Å². The molecule has 202 valence electrons. The van der Waals surface area contributed by atoms with E-state index in [9.17, 15) is 0 Å². The van der Waals surface area contributed by atoms with Gasteiger partial charge in [0.15, 0.2) is 0 Å². The second-order valence-electron chi connectivity index (χ2n) is 10.8. The van der Waals surface area contributed by atoms with E-state index >= 15 is 0 Å². The van der Waals surface area contributed by atoms with Gasteiger partial charge in [0.25, 0.3) is 0 Å². The molecule has 9 aromatic rings.